The minimum atomic E-state index is -0.474. The fourth-order valence-corrected chi connectivity index (χ4v) is 3.80. The van der Waals surface area contributed by atoms with Crippen LogP contribution in [0.4, 0.5) is 16.2 Å². The number of ether oxygens (including phenoxy) is 2. The van der Waals surface area contributed by atoms with Crippen molar-refractivity contribution in [1.82, 2.24) is 0 Å². The lowest BCUT2D eigenvalue weighted by atomic mass is 10.0. The fourth-order valence-electron chi connectivity index (χ4n) is 3.80. The molecule has 0 heterocycles. The summed E-state index contributed by atoms with van der Waals surface area (Å²) in [7, 11) is 1.64. The van der Waals surface area contributed by atoms with Crippen molar-refractivity contribution < 1.29 is 14.3 Å². The van der Waals surface area contributed by atoms with E-state index in [0.29, 0.717) is 23.9 Å². The van der Waals surface area contributed by atoms with Gasteiger partial charge in [-0.05, 0) is 55.2 Å². The molecule has 0 radical (unpaired) electrons. The van der Waals surface area contributed by atoms with E-state index in [2.05, 4.69) is 16.7 Å². The summed E-state index contributed by atoms with van der Waals surface area (Å²) < 4.78 is 10.6. The second kappa shape index (κ2) is 11.8. The van der Waals surface area contributed by atoms with Gasteiger partial charge in [0.2, 0.25) is 0 Å². The zero-order valence-corrected chi connectivity index (χ0v) is 18.8. The Labute approximate surface area is 190 Å². The Hall–Kier alpha value is -3.46. The Morgan fingerprint density at radius 2 is 2.03 bits per heavy atom. The Bertz CT molecular complexity index is 988. The van der Waals surface area contributed by atoms with Crippen LogP contribution < -0.4 is 15.4 Å². The molecule has 0 saturated heterocycles. The van der Waals surface area contributed by atoms with Gasteiger partial charge in [0.25, 0.3) is 0 Å². The van der Waals surface area contributed by atoms with E-state index in [1.165, 1.54) is 12.8 Å². The van der Waals surface area contributed by atoms with E-state index >= 15 is 0 Å². The summed E-state index contributed by atoms with van der Waals surface area (Å²) in [4.78, 5) is 11.9. The summed E-state index contributed by atoms with van der Waals surface area (Å²) in [6, 6.07) is 15.8. The van der Waals surface area contributed by atoms with Gasteiger partial charge in [0.15, 0.2) is 0 Å². The zero-order chi connectivity index (χ0) is 22.8. The molecule has 1 aliphatic carbocycles. The Kier molecular flexibility index (Phi) is 8.56. The molecule has 6 heteroatoms. The molecule has 1 saturated carbocycles. The number of nitrogens with zero attached hydrogens (tertiary/aromatic N) is 1. The van der Waals surface area contributed by atoms with E-state index in [-0.39, 0.29) is 0 Å². The SMILES string of the molecule is CCCCOC(=O)Nc1cccc(/C=C(\C#N)c2ccc(OC)cc2NC2CCCC2)c1. The van der Waals surface area contributed by atoms with Gasteiger partial charge in [-0.2, -0.15) is 5.26 Å². The molecule has 0 bridgehead atoms. The highest BCUT2D eigenvalue weighted by atomic mass is 16.5. The Morgan fingerprint density at radius 1 is 1.22 bits per heavy atom. The predicted octanol–water partition coefficient (Wildman–Crippen LogP) is 6.46. The van der Waals surface area contributed by atoms with E-state index in [9.17, 15) is 10.1 Å². The van der Waals surface area contributed by atoms with Crippen molar-refractivity contribution in [2.75, 3.05) is 24.4 Å². The first-order valence-corrected chi connectivity index (χ1v) is 11.2. The van der Waals surface area contributed by atoms with Gasteiger partial charge in [-0.3, -0.25) is 5.32 Å². The predicted molar refractivity (Wildman–Crippen MR) is 129 cm³/mol. The van der Waals surface area contributed by atoms with Gasteiger partial charge >= 0.3 is 6.09 Å². The number of carbonyl (C=O) groups excluding carboxylic acids is 1. The smallest absolute Gasteiger partial charge is 0.411 e. The van der Waals surface area contributed by atoms with E-state index < -0.39 is 6.09 Å². The lowest BCUT2D eigenvalue weighted by Crippen LogP contribution is -2.15. The van der Waals surface area contributed by atoms with E-state index in [4.69, 9.17) is 9.47 Å². The quantitative estimate of drug-likeness (QED) is 0.269. The molecular weight excluding hydrogens is 402 g/mol. The number of rotatable bonds is 9. The maximum atomic E-state index is 11.9. The van der Waals surface area contributed by atoms with Crippen molar-refractivity contribution in [1.29, 1.82) is 5.26 Å². The number of benzene rings is 2. The van der Waals surface area contributed by atoms with Crippen LogP contribution in [0.25, 0.3) is 11.6 Å². The molecule has 1 aliphatic rings. The molecule has 2 aromatic carbocycles. The molecule has 1 fully saturated rings. The molecule has 0 aliphatic heterocycles. The minimum Gasteiger partial charge on any atom is -0.497 e. The molecule has 32 heavy (non-hydrogen) atoms. The number of methoxy groups -OCH3 is 1. The first kappa shape index (κ1) is 23.2. The standard InChI is InChI=1S/C26H31N3O3/c1-3-4-14-32-26(30)29-22-11-7-8-19(16-22)15-20(18-27)24-13-12-23(31-2)17-25(24)28-21-9-5-6-10-21/h7-8,11-13,15-17,21,28H,3-6,9-10,14H2,1-2H3,(H,29,30)/b20-15+. The normalized spacial score (nSPS) is 14.0. The first-order chi connectivity index (χ1) is 15.6. The third kappa shape index (κ3) is 6.52. The van der Waals surface area contributed by atoms with Crippen molar-refractivity contribution in [3.8, 4) is 11.8 Å². The van der Waals surface area contributed by atoms with Crippen LogP contribution in [0, 0.1) is 11.3 Å². The zero-order valence-electron chi connectivity index (χ0n) is 18.8. The summed E-state index contributed by atoms with van der Waals surface area (Å²) >= 11 is 0. The highest BCUT2D eigenvalue weighted by Crippen LogP contribution is 2.32. The van der Waals surface area contributed by atoms with Gasteiger partial charge in [0.1, 0.15) is 5.75 Å². The number of anilines is 2. The van der Waals surface area contributed by atoms with Crippen LogP contribution in [0.15, 0.2) is 42.5 Å². The first-order valence-electron chi connectivity index (χ1n) is 11.2. The van der Waals surface area contributed by atoms with Crippen molar-refractivity contribution in [2.45, 2.75) is 51.5 Å². The van der Waals surface area contributed by atoms with Crippen LogP contribution >= 0.6 is 0 Å². The topological polar surface area (TPSA) is 83.4 Å². The van der Waals surface area contributed by atoms with Crippen molar-refractivity contribution in [3.05, 3.63) is 53.6 Å². The fraction of sp³-hybridized carbons (Fsp3) is 0.385. The molecule has 0 atom stereocenters. The molecule has 3 rings (SSSR count). The monoisotopic (exact) mass is 433 g/mol. The number of allylic oxidation sites excluding steroid dienone is 1. The van der Waals surface area contributed by atoms with Crippen LogP contribution in [0.3, 0.4) is 0 Å². The summed E-state index contributed by atoms with van der Waals surface area (Å²) in [5.74, 6) is 0.749. The molecule has 0 unspecified atom stereocenters. The van der Waals surface area contributed by atoms with Crippen LogP contribution in [0.5, 0.6) is 5.75 Å². The van der Waals surface area contributed by atoms with Gasteiger partial charge in [0.05, 0.1) is 25.4 Å². The van der Waals surface area contributed by atoms with Crippen molar-refractivity contribution in [2.24, 2.45) is 0 Å². The maximum Gasteiger partial charge on any atom is 0.411 e. The van der Waals surface area contributed by atoms with Crippen molar-refractivity contribution >= 4 is 29.1 Å². The molecular formula is C26H31N3O3. The Morgan fingerprint density at radius 3 is 2.75 bits per heavy atom. The Balaban J connectivity index is 1.83. The summed E-state index contributed by atoms with van der Waals surface area (Å²) in [6.45, 7) is 2.44. The number of unbranched alkanes of at least 4 members (excludes halogenated alkanes) is 1. The molecule has 1 amide bonds. The van der Waals surface area contributed by atoms with Gasteiger partial charge in [-0.15, -0.1) is 0 Å². The van der Waals surface area contributed by atoms with Gasteiger partial charge < -0.3 is 14.8 Å². The maximum absolute atomic E-state index is 11.9. The number of hydrogen-bond acceptors (Lipinski definition) is 5. The minimum absolute atomic E-state index is 0.398. The lowest BCUT2D eigenvalue weighted by Gasteiger charge is -2.18. The average molecular weight is 434 g/mol. The van der Waals surface area contributed by atoms with Crippen LogP contribution in [-0.2, 0) is 4.74 Å². The van der Waals surface area contributed by atoms with E-state index in [1.54, 1.807) is 13.2 Å². The van der Waals surface area contributed by atoms with Crippen molar-refractivity contribution in [3.63, 3.8) is 0 Å². The van der Waals surface area contributed by atoms with Gasteiger partial charge in [-0.1, -0.05) is 38.3 Å². The number of nitriles is 1. The van der Waals surface area contributed by atoms with Crippen LogP contribution in [0.2, 0.25) is 0 Å². The van der Waals surface area contributed by atoms with Crippen LogP contribution in [0.1, 0.15) is 56.6 Å². The molecule has 168 valence electrons. The number of hydrogen-bond donors (Lipinski definition) is 2. The second-order valence-electron chi connectivity index (χ2n) is 7.95. The van der Waals surface area contributed by atoms with E-state index in [1.807, 2.05) is 49.4 Å². The third-order valence-corrected chi connectivity index (χ3v) is 5.53. The number of amides is 1. The molecule has 0 spiro atoms. The number of carbonyl (C=O) groups is 1. The second-order valence-corrected chi connectivity index (χ2v) is 7.95. The summed E-state index contributed by atoms with van der Waals surface area (Å²) in [5, 5.41) is 16.3. The summed E-state index contributed by atoms with van der Waals surface area (Å²) in [5.41, 5.74) is 3.71. The largest absolute Gasteiger partial charge is 0.497 e. The molecule has 0 aromatic heterocycles. The van der Waals surface area contributed by atoms with Gasteiger partial charge in [-0.25, -0.2) is 4.79 Å². The highest BCUT2D eigenvalue weighted by molar-refractivity contribution is 5.95. The average Bonchev–Trinajstić information content (AvgIpc) is 3.31. The van der Waals surface area contributed by atoms with Crippen LogP contribution in [-0.4, -0.2) is 25.9 Å². The highest BCUT2D eigenvalue weighted by Gasteiger charge is 2.18. The molecule has 2 N–H and O–H groups in total. The van der Waals surface area contributed by atoms with E-state index in [0.717, 1.165) is 48.2 Å². The third-order valence-electron chi connectivity index (χ3n) is 5.53. The molecule has 2 aromatic rings. The molecule has 6 nitrogen and oxygen atoms in total. The summed E-state index contributed by atoms with van der Waals surface area (Å²) in [6.07, 6.45) is 7.85. The van der Waals surface area contributed by atoms with Gasteiger partial charge in [0, 0.05) is 29.0 Å². The lowest BCUT2D eigenvalue weighted by molar-refractivity contribution is 0.160. The number of nitrogens with one attached hydrogen (secondary N) is 2.